The zero-order valence-electron chi connectivity index (χ0n) is 15.3. The second-order valence-corrected chi connectivity index (χ2v) is 6.10. The van der Waals surface area contributed by atoms with Crippen LogP contribution in [0.2, 0.25) is 0 Å². The maximum Gasteiger partial charge on any atom is 0.416 e. The van der Waals surface area contributed by atoms with Crippen LogP contribution < -0.4 is 15.6 Å². The number of ether oxygens (including phenoxy) is 1. The molecule has 148 valence electrons. The van der Waals surface area contributed by atoms with Gasteiger partial charge in [-0.1, -0.05) is 18.2 Å². The van der Waals surface area contributed by atoms with Crippen molar-refractivity contribution in [2.45, 2.75) is 20.0 Å². The maximum atomic E-state index is 12.5. The van der Waals surface area contributed by atoms with Crippen LogP contribution in [0.15, 0.2) is 48.5 Å². The third kappa shape index (κ3) is 6.79. The first-order valence-electron chi connectivity index (χ1n) is 8.29. The Morgan fingerprint density at radius 2 is 1.61 bits per heavy atom. The molecule has 0 saturated carbocycles. The standard InChI is InChI=1S/C20H19F3N2O3/c1-13-9-14(2)11-17(10-13)28-12-19(27)25-24-18(26)8-5-15-3-6-16(7-4-15)20(21,22)23/h3-11H,12H2,1-2H3,(H,24,26)(H,25,27)/b8-5+. The van der Waals surface area contributed by atoms with Crippen molar-refractivity contribution in [2.24, 2.45) is 0 Å². The summed E-state index contributed by atoms with van der Waals surface area (Å²) in [5.74, 6) is -0.656. The molecule has 0 spiro atoms. The minimum atomic E-state index is -4.41. The number of hydrogen-bond acceptors (Lipinski definition) is 3. The van der Waals surface area contributed by atoms with E-state index in [-0.39, 0.29) is 6.61 Å². The predicted molar refractivity (Wildman–Crippen MR) is 98.2 cm³/mol. The van der Waals surface area contributed by atoms with Gasteiger partial charge in [-0.05, 0) is 60.9 Å². The molecule has 2 amide bonds. The molecule has 0 aliphatic carbocycles. The Morgan fingerprint density at radius 3 is 2.18 bits per heavy atom. The number of amides is 2. The highest BCUT2D eigenvalue weighted by atomic mass is 19.4. The number of benzene rings is 2. The summed E-state index contributed by atoms with van der Waals surface area (Å²) in [5.41, 5.74) is 5.98. The zero-order chi connectivity index (χ0) is 20.7. The van der Waals surface area contributed by atoms with Gasteiger partial charge in [-0.15, -0.1) is 0 Å². The molecule has 0 aliphatic rings. The number of hydrazine groups is 1. The maximum absolute atomic E-state index is 12.5. The monoisotopic (exact) mass is 392 g/mol. The lowest BCUT2D eigenvalue weighted by Gasteiger charge is -2.09. The molecule has 0 aromatic heterocycles. The van der Waals surface area contributed by atoms with Gasteiger partial charge in [0, 0.05) is 6.08 Å². The normalized spacial score (nSPS) is 11.3. The van der Waals surface area contributed by atoms with Gasteiger partial charge in [-0.25, -0.2) is 0 Å². The van der Waals surface area contributed by atoms with Crippen LogP contribution in [0.1, 0.15) is 22.3 Å². The van der Waals surface area contributed by atoms with E-state index in [9.17, 15) is 22.8 Å². The molecule has 2 aromatic rings. The van der Waals surface area contributed by atoms with Gasteiger partial charge >= 0.3 is 6.18 Å². The van der Waals surface area contributed by atoms with Crippen molar-refractivity contribution < 1.29 is 27.5 Å². The number of carbonyl (C=O) groups is 2. The Morgan fingerprint density at radius 1 is 1.00 bits per heavy atom. The molecule has 0 heterocycles. The quantitative estimate of drug-likeness (QED) is 0.604. The first-order chi connectivity index (χ1) is 13.1. The van der Waals surface area contributed by atoms with Crippen LogP contribution in [-0.2, 0) is 15.8 Å². The van der Waals surface area contributed by atoms with E-state index in [4.69, 9.17) is 4.74 Å². The Labute approximate surface area is 160 Å². The first kappa shape index (κ1) is 21.0. The first-order valence-corrected chi connectivity index (χ1v) is 8.29. The molecular formula is C20H19F3N2O3. The molecule has 2 rings (SSSR count). The number of aryl methyl sites for hydroxylation is 2. The van der Waals surface area contributed by atoms with Gasteiger partial charge in [0.15, 0.2) is 6.61 Å². The summed E-state index contributed by atoms with van der Waals surface area (Å²) in [6.07, 6.45) is -2.00. The van der Waals surface area contributed by atoms with Crippen LogP contribution in [0.4, 0.5) is 13.2 Å². The van der Waals surface area contributed by atoms with E-state index < -0.39 is 23.6 Å². The third-order valence-electron chi connectivity index (χ3n) is 3.56. The second-order valence-electron chi connectivity index (χ2n) is 6.10. The third-order valence-corrected chi connectivity index (χ3v) is 3.56. The van der Waals surface area contributed by atoms with Crippen molar-refractivity contribution >= 4 is 17.9 Å². The summed E-state index contributed by atoms with van der Waals surface area (Å²) < 4.78 is 42.8. The lowest BCUT2D eigenvalue weighted by molar-refractivity contribution is -0.137. The summed E-state index contributed by atoms with van der Waals surface area (Å²) in [6.45, 7) is 3.53. The van der Waals surface area contributed by atoms with Gasteiger partial charge in [0.25, 0.3) is 11.8 Å². The van der Waals surface area contributed by atoms with Crippen molar-refractivity contribution in [1.82, 2.24) is 10.9 Å². The molecule has 28 heavy (non-hydrogen) atoms. The van der Waals surface area contributed by atoms with Crippen LogP contribution in [-0.4, -0.2) is 18.4 Å². The summed E-state index contributed by atoms with van der Waals surface area (Å²) in [4.78, 5) is 23.4. The summed E-state index contributed by atoms with van der Waals surface area (Å²) in [7, 11) is 0. The summed E-state index contributed by atoms with van der Waals surface area (Å²) in [6, 6.07) is 9.85. The van der Waals surface area contributed by atoms with Crippen LogP contribution in [0.5, 0.6) is 5.75 Å². The van der Waals surface area contributed by atoms with Crippen LogP contribution in [0.3, 0.4) is 0 Å². The molecule has 2 aromatic carbocycles. The fourth-order valence-corrected chi connectivity index (χ4v) is 2.33. The molecule has 2 N–H and O–H groups in total. The highest BCUT2D eigenvalue weighted by Gasteiger charge is 2.29. The molecule has 8 heteroatoms. The average Bonchev–Trinajstić information content (AvgIpc) is 2.62. The molecule has 0 bridgehead atoms. The van der Waals surface area contributed by atoms with Crippen LogP contribution >= 0.6 is 0 Å². The largest absolute Gasteiger partial charge is 0.484 e. The van der Waals surface area contributed by atoms with E-state index in [0.29, 0.717) is 11.3 Å². The number of carbonyl (C=O) groups excluding carboxylic acids is 2. The highest BCUT2D eigenvalue weighted by Crippen LogP contribution is 2.29. The Hall–Kier alpha value is -3.29. The molecule has 0 atom stereocenters. The van der Waals surface area contributed by atoms with E-state index in [0.717, 1.165) is 29.3 Å². The Kier molecular flexibility index (Phi) is 6.81. The van der Waals surface area contributed by atoms with Gasteiger partial charge < -0.3 is 4.74 Å². The lowest BCUT2D eigenvalue weighted by Crippen LogP contribution is -2.43. The number of hydrogen-bond donors (Lipinski definition) is 2. The van der Waals surface area contributed by atoms with Crippen molar-refractivity contribution in [3.8, 4) is 5.75 Å². The van der Waals surface area contributed by atoms with Crippen LogP contribution in [0.25, 0.3) is 6.08 Å². The molecular weight excluding hydrogens is 373 g/mol. The van der Waals surface area contributed by atoms with E-state index >= 15 is 0 Å². The van der Waals surface area contributed by atoms with E-state index in [2.05, 4.69) is 10.9 Å². The second kappa shape index (κ2) is 9.07. The Balaban J connectivity index is 1.78. The summed E-state index contributed by atoms with van der Waals surface area (Å²) in [5, 5.41) is 0. The molecule has 0 saturated heterocycles. The number of rotatable bonds is 5. The van der Waals surface area contributed by atoms with Gasteiger partial charge in [-0.2, -0.15) is 13.2 Å². The lowest BCUT2D eigenvalue weighted by atomic mass is 10.1. The average molecular weight is 392 g/mol. The minimum absolute atomic E-state index is 0.286. The SMILES string of the molecule is Cc1cc(C)cc(OCC(=O)NNC(=O)/C=C/c2ccc(C(F)(F)F)cc2)c1. The molecule has 0 fully saturated rings. The zero-order valence-corrected chi connectivity index (χ0v) is 15.3. The predicted octanol–water partition coefficient (Wildman–Crippen LogP) is 3.56. The topological polar surface area (TPSA) is 67.4 Å². The van der Waals surface area contributed by atoms with Crippen LogP contribution in [0, 0.1) is 13.8 Å². The molecule has 0 radical (unpaired) electrons. The Bertz CT molecular complexity index is 855. The number of halogens is 3. The fourth-order valence-electron chi connectivity index (χ4n) is 2.33. The van der Waals surface area contributed by atoms with Gasteiger partial charge in [0.1, 0.15) is 5.75 Å². The van der Waals surface area contributed by atoms with Crippen molar-refractivity contribution in [3.05, 3.63) is 70.8 Å². The number of alkyl halides is 3. The van der Waals surface area contributed by atoms with Crippen molar-refractivity contribution in [1.29, 1.82) is 0 Å². The smallest absolute Gasteiger partial charge is 0.416 e. The number of nitrogens with one attached hydrogen (secondary N) is 2. The van der Waals surface area contributed by atoms with E-state index in [1.807, 2.05) is 19.9 Å². The van der Waals surface area contributed by atoms with Gasteiger partial charge in [-0.3, -0.25) is 20.4 Å². The van der Waals surface area contributed by atoms with Gasteiger partial charge in [0.2, 0.25) is 0 Å². The van der Waals surface area contributed by atoms with Gasteiger partial charge in [0.05, 0.1) is 5.56 Å². The minimum Gasteiger partial charge on any atom is -0.484 e. The van der Waals surface area contributed by atoms with Crippen molar-refractivity contribution in [3.63, 3.8) is 0 Å². The van der Waals surface area contributed by atoms with E-state index in [1.54, 1.807) is 12.1 Å². The molecule has 5 nitrogen and oxygen atoms in total. The highest BCUT2D eigenvalue weighted by molar-refractivity contribution is 5.93. The van der Waals surface area contributed by atoms with E-state index in [1.165, 1.54) is 18.2 Å². The fraction of sp³-hybridized carbons (Fsp3) is 0.200. The summed E-state index contributed by atoms with van der Waals surface area (Å²) >= 11 is 0. The molecule has 0 aliphatic heterocycles. The van der Waals surface area contributed by atoms with Crippen molar-refractivity contribution in [2.75, 3.05) is 6.61 Å². The molecule has 0 unspecified atom stereocenters.